The minimum absolute atomic E-state index is 0.0893. The van der Waals surface area contributed by atoms with Gasteiger partial charge in [0.05, 0.1) is 94.8 Å². The van der Waals surface area contributed by atoms with Gasteiger partial charge in [-0.3, -0.25) is 29.9 Å². The van der Waals surface area contributed by atoms with E-state index in [1.54, 1.807) is 0 Å². The third-order valence-electron chi connectivity index (χ3n) is 25.8. The SMILES string of the molecule is c1ccc2c(c1)C1C(c3cc4ccccc4cc3N1c1cnc3ccccc3c1)N2c1cnc2ccccc2c1.c1ccc2cc3c(cc2c1)C1C(c2cc4ccccc4cc2N1c1ccc2cnccc2c1)N3c1ccc2cnccc2c1.c1cncc(N2c3cc4ccccc4cc3C3C2c2cc4ccccc4cc2N3c2cccnc2)c1. The second-order valence-corrected chi connectivity index (χ2v) is 32.2. The summed E-state index contributed by atoms with van der Waals surface area (Å²) in [5.41, 5.74) is 24.3. The second-order valence-electron chi connectivity index (χ2n) is 32.2. The minimum atomic E-state index is 0.0893. The maximum Gasteiger partial charge on any atom is 0.0862 e. The zero-order valence-electron chi connectivity index (χ0n) is 64.9. The van der Waals surface area contributed by atoms with Crippen molar-refractivity contribution in [2.45, 2.75) is 36.3 Å². The number of rotatable bonds is 6. The monoisotopic (exact) mass is 1540 g/mol. The molecule has 0 saturated carbocycles. The van der Waals surface area contributed by atoms with Gasteiger partial charge in [0.2, 0.25) is 0 Å². The van der Waals surface area contributed by atoms with Crippen molar-refractivity contribution in [3.05, 3.63) is 435 Å². The first kappa shape index (κ1) is 67.6. The fourth-order valence-electron chi connectivity index (χ4n) is 20.6. The Balaban J connectivity index is 0.000000100. The van der Waals surface area contributed by atoms with E-state index in [1.165, 1.54) is 144 Å². The number of pyridine rings is 6. The van der Waals surface area contributed by atoms with Crippen molar-refractivity contribution < 1.29 is 0 Å². The number of fused-ring (bicyclic) bond motifs is 24. The molecule has 15 aromatic carbocycles. The summed E-state index contributed by atoms with van der Waals surface area (Å²) in [7, 11) is 0. The van der Waals surface area contributed by atoms with Crippen LogP contribution in [0.15, 0.2) is 402 Å². The standard InChI is InChI=1S/C40H26N4.C36H24N4.C32H22N4/c1-3-7-27-21-37-35(19-25(27)5-1)39-40(43(37)33-11-9-31-23-41-15-13-29(31)17-33)36-20-26-6-2-4-8-28(26)22-38(36)44(39)34-12-10-32-24-42-16-14-30(32)18-34;1-2-10-24-20-34-30(19-23(24)9-1)36-35(40(34)28-18-26-12-4-7-15-32(26)38-22-28)29-13-5-8-16-33(29)39(36)27-17-25-11-3-6-14-31(25)37-21-27;1-3-9-23-17-29-27(15-21(23)7-1)31-32(35(29)25-11-5-13-33-19-25)28-16-22-8-2-4-10-24(22)18-30(28)36(31)26-12-6-14-34-20-26/h1-24,39-40H;1-22,35-36H;1-20,31-32H. The first-order valence-corrected chi connectivity index (χ1v) is 41.2. The first-order valence-electron chi connectivity index (χ1n) is 41.2. The molecule has 6 unspecified atom stereocenters. The highest BCUT2D eigenvalue weighted by Crippen LogP contribution is 2.67. The predicted molar refractivity (Wildman–Crippen MR) is 491 cm³/mol. The fraction of sp³-hybridized carbons (Fsp3) is 0.0556. The maximum absolute atomic E-state index is 4.88. The van der Waals surface area contributed by atoms with Gasteiger partial charge in [0.15, 0.2) is 0 Å². The van der Waals surface area contributed by atoms with Crippen LogP contribution in [0.3, 0.4) is 0 Å². The van der Waals surface area contributed by atoms with Crippen LogP contribution in [0.4, 0.5) is 68.2 Å². The molecule has 21 aromatic rings. The van der Waals surface area contributed by atoms with E-state index in [-0.39, 0.29) is 36.3 Å². The molecule has 0 fully saturated rings. The molecule has 6 atom stereocenters. The molecule has 120 heavy (non-hydrogen) atoms. The van der Waals surface area contributed by atoms with E-state index in [4.69, 9.17) is 9.97 Å². The highest BCUT2D eigenvalue weighted by molar-refractivity contribution is 6.02. The van der Waals surface area contributed by atoms with Crippen molar-refractivity contribution >= 4 is 165 Å². The van der Waals surface area contributed by atoms with Gasteiger partial charge in [-0.05, 0) is 216 Å². The second kappa shape index (κ2) is 27.0. The number of para-hydroxylation sites is 3. The summed E-state index contributed by atoms with van der Waals surface area (Å²) < 4.78 is 0. The smallest absolute Gasteiger partial charge is 0.0862 e. The summed E-state index contributed by atoms with van der Waals surface area (Å²) in [5.74, 6) is 0. The van der Waals surface area contributed by atoms with E-state index >= 15 is 0 Å². The predicted octanol–water partition coefficient (Wildman–Crippen LogP) is 27.1. The molecule has 12 heteroatoms. The molecule has 12 nitrogen and oxygen atoms in total. The van der Waals surface area contributed by atoms with Gasteiger partial charge in [-0.2, -0.15) is 0 Å². The summed E-state index contributed by atoms with van der Waals surface area (Å²) >= 11 is 0. The largest absolute Gasteiger partial charge is 0.331 e. The van der Waals surface area contributed by atoms with Gasteiger partial charge >= 0.3 is 0 Å². The van der Waals surface area contributed by atoms with Gasteiger partial charge < -0.3 is 29.4 Å². The molecule has 27 rings (SSSR count). The maximum atomic E-state index is 4.88. The van der Waals surface area contributed by atoms with Crippen LogP contribution in [0.1, 0.15) is 69.6 Å². The van der Waals surface area contributed by atoms with Crippen LogP contribution in [0.25, 0.3) is 97.2 Å². The van der Waals surface area contributed by atoms with Crippen molar-refractivity contribution in [2.75, 3.05) is 29.4 Å². The topological polar surface area (TPSA) is 96.8 Å². The summed E-state index contributed by atoms with van der Waals surface area (Å²) in [6.45, 7) is 0. The molecular formula is C108H72N12. The lowest BCUT2D eigenvalue weighted by Gasteiger charge is -2.29. The molecule has 0 N–H and O–H groups in total. The summed E-state index contributed by atoms with van der Waals surface area (Å²) in [6.07, 6.45) is 19.4. The quantitative estimate of drug-likeness (QED) is 0.159. The Kier molecular flexibility index (Phi) is 15.2. The molecule has 0 saturated heterocycles. The molecular weight excluding hydrogens is 1470 g/mol. The average molecular weight is 1540 g/mol. The van der Waals surface area contributed by atoms with E-state index in [0.29, 0.717) is 0 Å². The Bertz CT molecular complexity index is 7470. The fourth-order valence-corrected chi connectivity index (χ4v) is 20.6. The van der Waals surface area contributed by atoms with E-state index in [1.807, 2.05) is 86.2 Å². The third-order valence-corrected chi connectivity index (χ3v) is 25.8. The number of anilines is 12. The van der Waals surface area contributed by atoms with Crippen molar-refractivity contribution in [3.63, 3.8) is 0 Å². The summed E-state index contributed by atoms with van der Waals surface area (Å²) in [6, 6.07) is 124. The summed E-state index contributed by atoms with van der Waals surface area (Å²) in [5, 5.41) is 19.5. The minimum Gasteiger partial charge on any atom is -0.331 e. The number of benzene rings is 15. The normalized spacial score (nSPS) is 17.4. The summed E-state index contributed by atoms with van der Waals surface area (Å²) in [4.78, 5) is 42.6. The molecule has 0 spiro atoms. The lowest BCUT2D eigenvalue weighted by molar-refractivity contribution is 0.633. The Morgan fingerprint density at radius 3 is 0.792 bits per heavy atom. The van der Waals surface area contributed by atoms with Crippen molar-refractivity contribution in [2.24, 2.45) is 0 Å². The number of hydrogen-bond donors (Lipinski definition) is 0. The van der Waals surface area contributed by atoms with Crippen LogP contribution in [0.5, 0.6) is 0 Å². The third kappa shape index (κ3) is 10.6. The van der Waals surface area contributed by atoms with Gasteiger partial charge in [-0.15, -0.1) is 0 Å². The molecule has 6 aliphatic rings. The molecule has 0 bridgehead atoms. The molecule has 6 aliphatic heterocycles. The Hall–Kier alpha value is -15.7. The van der Waals surface area contributed by atoms with E-state index in [0.717, 1.165) is 55.3 Å². The van der Waals surface area contributed by atoms with Gasteiger partial charge in [-0.25, -0.2) is 0 Å². The molecule has 0 aliphatic carbocycles. The zero-order valence-corrected chi connectivity index (χ0v) is 64.9. The zero-order chi connectivity index (χ0) is 78.6. The van der Waals surface area contributed by atoms with E-state index in [2.05, 4.69) is 365 Å². The van der Waals surface area contributed by atoms with Crippen LogP contribution >= 0.6 is 0 Å². The Labute approximate surface area is 691 Å². The lowest BCUT2D eigenvalue weighted by atomic mass is 9.97. The molecule has 0 radical (unpaired) electrons. The number of hydrogen-bond acceptors (Lipinski definition) is 12. The van der Waals surface area contributed by atoms with Crippen molar-refractivity contribution in [1.82, 2.24) is 29.9 Å². The van der Waals surface area contributed by atoms with Gasteiger partial charge in [-0.1, -0.05) is 188 Å². The Morgan fingerprint density at radius 2 is 0.433 bits per heavy atom. The molecule has 564 valence electrons. The van der Waals surface area contributed by atoms with Gasteiger partial charge in [0.25, 0.3) is 0 Å². The lowest BCUT2D eigenvalue weighted by Crippen LogP contribution is -2.24. The Morgan fingerprint density at radius 1 is 0.158 bits per heavy atom. The molecule has 12 heterocycles. The van der Waals surface area contributed by atoms with Crippen LogP contribution in [0, 0.1) is 0 Å². The first-order chi connectivity index (χ1) is 59.5. The van der Waals surface area contributed by atoms with Crippen molar-refractivity contribution in [1.29, 1.82) is 0 Å². The van der Waals surface area contributed by atoms with E-state index < -0.39 is 0 Å². The van der Waals surface area contributed by atoms with Crippen LogP contribution < -0.4 is 29.4 Å². The van der Waals surface area contributed by atoms with Crippen molar-refractivity contribution in [3.8, 4) is 0 Å². The number of nitrogens with zero attached hydrogens (tertiary/aromatic N) is 12. The average Bonchev–Trinajstić information content (AvgIpc) is 1.54. The highest BCUT2D eigenvalue weighted by atomic mass is 15.4. The molecule has 0 amide bonds. The number of aromatic nitrogens is 6. The van der Waals surface area contributed by atoms with Gasteiger partial charge in [0, 0.05) is 138 Å². The van der Waals surface area contributed by atoms with E-state index in [9.17, 15) is 0 Å². The van der Waals surface area contributed by atoms with Crippen LogP contribution in [0.2, 0.25) is 0 Å². The van der Waals surface area contributed by atoms with Crippen LogP contribution in [-0.2, 0) is 0 Å². The molecule has 6 aromatic heterocycles. The van der Waals surface area contributed by atoms with Crippen LogP contribution in [-0.4, -0.2) is 29.9 Å². The highest BCUT2D eigenvalue weighted by Gasteiger charge is 2.54. The van der Waals surface area contributed by atoms with Gasteiger partial charge in [0.1, 0.15) is 0 Å².